The van der Waals surface area contributed by atoms with E-state index in [9.17, 15) is 9.18 Å². The lowest BCUT2D eigenvalue weighted by molar-refractivity contribution is -0.112. The third-order valence-corrected chi connectivity index (χ3v) is 3.08. The van der Waals surface area contributed by atoms with Gasteiger partial charge in [0.15, 0.2) is 12.5 Å². The van der Waals surface area contributed by atoms with Gasteiger partial charge in [0.25, 0.3) is 0 Å². The van der Waals surface area contributed by atoms with Crippen molar-refractivity contribution in [2.75, 3.05) is 6.54 Å². The number of carbonyl (C=O) groups is 1. The fraction of sp³-hybridized carbons (Fsp3) is 0.235. The molecule has 0 saturated heterocycles. The summed E-state index contributed by atoms with van der Waals surface area (Å²) in [6.07, 6.45) is -1.08. The average molecular weight is 271 g/mol. The van der Waals surface area contributed by atoms with Crippen molar-refractivity contribution in [2.45, 2.75) is 19.3 Å². The maximum absolute atomic E-state index is 13.4. The number of nitrogens with zero attached hydrogens (tertiary/aromatic N) is 1. The van der Waals surface area contributed by atoms with Crippen LogP contribution < -0.4 is 0 Å². The molecule has 0 spiro atoms. The summed E-state index contributed by atoms with van der Waals surface area (Å²) in [5.74, 6) is 0. The zero-order valence-electron chi connectivity index (χ0n) is 11.3. The van der Waals surface area contributed by atoms with E-state index >= 15 is 0 Å². The van der Waals surface area contributed by atoms with E-state index in [0.29, 0.717) is 19.4 Å². The maximum Gasteiger partial charge on any atom is 0.168 e. The molecule has 1 atom stereocenters. The molecule has 2 aromatic carbocycles. The molecule has 0 amide bonds. The molecule has 2 nitrogen and oxygen atoms in total. The topological polar surface area (TPSA) is 20.3 Å². The number of hydrogen-bond donors (Lipinski definition) is 0. The first kappa shape index (κ1) is 14.4. The summed E-state index contributed by atoms with van der Waals surface area (Å²) in [5, 5.41) is 0. The van der Waals surface area contributed by atoms with Crippen molar-refractivity contribution in [1.82, 2.24) is 4.90 Å². The second-order valence-electron chi connectivity index (χ2n) is 4.79. The van der Waals surface area contributed by atoms with E-state index in [1.54, 1.807) is 0 Å². The van der Waals surface area contributed by atoms with E-state index in [0.717, 1.165) is 11.1 Å². The highest BCUT2D eigenvalue weighted by Gasteiger charge is 2.13. The first-order valence-corrected chi connectivity index (χ1v) is 6.67. The summed E-state index contributed by atoms with van der Waals surface area (Å²) in [7, 11) is 0. The molecule has 2 rings (SSSR count). The molecular formula is C17H18FNO. The largest absolute Gasteiger partial charge is 0.300 e. The second-order valence-corrected chi connectivity index (χ2v) is 4.79. The van der Waals surface area contributed by atoms with Gasteiger partial charge in [-0.1, -0.05) is 60.7 Å². The van der Waals surface area contributed by atoms with Crippen LogP contribution in [0.5, 0.6) is 0 Å². The van der Waals surface area contributed by atoms with Crippen molar-refractivity contribution >= 4 is 6.29 Å². The standard InChI is InChI=1S/C17H18FNO/c18-17(14-20)13-19(11-15-7-3-1-4-8-15)12-16-9-5-2-6-10-16/h1-10,14,17H,11-13H2/t17-/m1/s1. The Morgan fingerprint density at radius 2 is 1.35 bits per heavy atom. The van der Waals surface area contributed by atoms with E-state index in [1.807, 2.05) is 65.6 Å². The lowest BCUT2D eigenvalue weighted by atomic mass is 10.1. The Bertz CT molecular complexity index is 474. The van der Waals surface area contributed by atoms with Crippen molar-refractivity contribution in [1.29, 1.82) is 0 Å². The Labute approximate surface area is 118 Å². The van der Waals surface area contributed by atoms with Gasteiger partial charge >= 0.3 is 0 Å². The quantitative estimate of drug-likeness (QED) is 0.721. The van der Waals surface area contributed by atoms with Crippen molar-refractivity contribution in [3.63, 3.8) is 0 Å². The minimum atomic E-state index is -1.44. The van der Waals surface area contributed by atoms with Crippen LogP contribution in [0.1, 0.15) is 11.1 Å². The van der Waals surface area contributed by atoms with E-state index in [1.165, 1.54) is 0 Å². The lowest BCUT2D eigenvalue weighted by Gasteiger charge is -2.22. The summed E-state index contributed by atoms with van der Waals surface area (Å²) in [6.45, 7) is 1.38. The third kappa shape index (κ3) is 4.59. The van der Waals surface area contributed by atoms with Crippen molar-refractivity contribution in [3.8, 4) is 0 Å². The van der Waals surface area contributed by atoms with Gasteiger partial charge in [-0.2, -0.15) is 0 Å². The van der Waals surface area contributed by atoms with Crippen molar-refractivity contribution in [3.05, 3.63) is 71.8 Å². The van der Waals surface area contributed by atoms with Gasteiger partial charge in [0, 0.05) is 19.6 Å². The lowest BCUT2D eigenvalue weighted by Crippen LogP contribution is -2.30. The summed E-state index contributed by atoms with van der Waals surface area (Å²) in [6, 6.07) is 19.8. The Morgan fingerprint density at radius 1 is 0.900 bits per heavy atom. The smallest absolute Gasteiger partial charge is 0.168 e. The minimum absolute atomic E-state index is 0.118. The zero-order valence-corrected chi connectivity index (χ0v) is 11.3. The molecule has 0 aliphatic rings. The van der Waals surface area contributed by atoms with Gasteiger partial charge in [0.1, 0.15) is 0 Å². The van der Waals surface area contributed by atoms with Crippen LogP contribution in [0.2, 0.25) is 0 Å². The van der Waals surface area contributed by atoms with Crippen LogP contribution in [0, 0.1) is 0 Å². The van der Waals surface area contributed by atoms with E-state index < -0.39 is 6.17 Å². The SMILES string of the molecule is O=C[C@H](F)CN(Cc1ccccc1)Cc1ccccc1. The number of rotatable bonds is 7. The normalized spacial score (nSPS) is 12.3. The van der Waals surface area contributed by atoms with E-state index in [2.05, 4.69) is 0 Å². The van der Waals surface area contributed by atoms with Crippen LogP contribution >= 0.6 is 0 Å². The fourth-order valence-electron chi connectivity index (χ4n) is 2.16. The first-order valence-electron chi connectivity index (χ1n) is 6.67. The minimum Gasteiger partial charge on any atom is -0.300 e. The van der Waals surface area contributed by atoms with Crippen molar-refractivity contribution < 1.29 is 9.18 Å². The molecule has 0 heterocycles. The molecule has 0 fully saturated rings. The summed E-state index contributed by atoms with van der Waals surface area (Å²) in [5.41, 5.74) is 2.23. The molecule has 0 N–H and O–H groups in total. The number of carbonyl (C=O) groups excluding carboxylic acids is 1. The highest BCUT2D eigenvalue weighted by molar-refractivity contribution is 5.56. The van der Waals surface area contributed by atoms with Gasteiger partial charge < -0.3 is 4.79 Å². The van der Waals surface area contributed by atoms with Crippen LogP contribution in [-0.2, 0) is 17.9 Å². The van der Waals surface area contributed by atoms with Crippen molar-refractivity contribution in [2.24, 2.45) is 0 Å². The molecule has 0 aromatic heterocycles. The third-order valence-electron chi connectivity index (χ3n) is 3.08. The highest BCUT2D eigenvalue weighted by atomic mass is 19.1. The Kier molecular flexibility index (Phi) is 5.44. The van der Waals surface area contributed by atoms with E-state index in [-0.39, 0.29) is 6.54 Å². The monoisotopic (exact) mass is 271 g/mol. The predicted octanol–water partition coefficient (Wildman–Crippen LogP) is 3.23. The number of benzene rings is 2. The van der Waals surface area contributed by atoms with Crippen LogP contribution in [0.25, 0.3) is 0 Å². The van der Waals surface area contributed by atoms with Gasteiger partial charge in [-0.05, 0) is 11.1 Å². The second kappa shape index (κ2) is 7.56. The molecule has 20 heavy (non-hydrogen) atoms. The Balaban J connectivity index is 2.06. The molecule has 0 radical (unpaired) electrons. The average Bonchev–Trinajstić information content (AvgIpc) is 2.49. The fourth-order valence-corrected chi connectivity index (χ4v) is 2.16. The molecule has 2 aromatic rings. The van der Waals surface area contributed by atoms with E-state index in [4.69, 9.17) is 0 Å². The maximum atomic E-state index is 13.4. The number of aldehydes is 1. The molecule has 0 bridgehead atoms. The van der Waals surface area contributed by atoms with Gasteiger partial charge in [-0.25, -0.2) is 4.39 Å². The number of halogens is 1. The van der Waals surface area contributed by atoms with Crippen LogP contribution in [0.4, 0.5) is 4.39 Å². The molecule has 0 saturated carbocycles. The van der Waals surface area contributed by atoms with Gasteiger partial charge in [0.2, 0.25) is 0 Å². The van der Waals surface area contributed by atoms with Gasteiger partial charge in [-0.15, -0.1) is 0 Å². The number of hydrogen-bond acceptors (Lipinski definition) is 2. The Hall–Kier alpha value is -2.00. The molecule has 0 aliphatic carbocycles. The predicted molar refractivity (Wildman–Crippen MR) is 78.0 cm³/mol. The van der Waals surface area contributed by atoms with Gasteiger partial charge in [-0.3, -0.25) is 4.90 Å². The molecule has 104 valence electrons. The Morgan fingerprint density at radius 3 is 1.75 bits per heavy atom. The van der Waals surface area contributed by atoms with Gasteiger partial charge in [0.05, 0.1) is 0 Å². The van der Waals surface area contributed by atoms with Crippen LogP contribution in [-0.4, -0.2) is 23.9 Å². The number of alkyl halides is 1. The summed E-state index contributed by atoms with van der Waals surface area (Å²) >= 11 is 0. The molecule has 0 aliphatic heterocycles. The van der Waals surface area contributed by atoms with Crippen LogP contribution in [0.3, 0.4) is 0 Å². The summed E-state index contributed by atoms with van der Waals surface area (Å²) < 4.78 is 13.4. The summed E-state index contributed by atoms with van der Waals surface area (Å²) in [4.78, 5) is 12.5. The zero-order chi connectivity index (χ0) is 14.2. The highest BCUT2D eigenvalue weighted by Crippen LogP contribution is 2.11. The van der Waals surface area contributed by atoms with Crippen LogP contribution in [0.15, 0.2) is 60.7 Å². The first-order chi connectivity index (χ1) is 9.78. The molecular weight excluding hydrogens is 253 g/mol. The molecule has 0 unspecified atom stereocenters. The molecule has 3 heteroatoms.